The van der Waals surface area contributed by atoms with Crippen LogP contribution in [0.3, 0.4) is 0 Å². The molecule has 0 unspecified atom stereocenters. The minimum absolute atomic E-state index is 0.0398. The van der Waals surface area contributed by atoms with Crippen LogP contribution in [-0.4, -0.2) is 37.4 Å². The minimum atomic E-state index is -0.443. The van der Waals surface area contributed by atoms with E-state index in [2.05, 4.69) is 16.0 Å². The number of primary amides is 1. The summed E-state index contributed by atoms with van der Waals surface area (Å²) in [5.41, 5.74) is 6.20. The van der Waals surface area contributed by atoms with E-state index in [0.717, 1.165) is 12.0 Å². The fraction of sp³-hybridized carbons (Fsp3) is 0.688. The summed E-state index contributed by atoms with van der Waals surface area (Å²) in [5, 5.41) is 8.05. The Balaban J connectivity index is 0. The van der Waals surface area contributed by atoms with Crippen LogP contribution in [0.5, 0.6) is 0 Å². The van der Waals surface area contributed by atoms with Gasteiger partial charge in [-0.3, -0.25) is 9.59 Å². The molecule has 0 aromatic heterocycles. The van der Waals surface area contributed by atoms with E-state index in [0.29, 0.717) is 18.8 Å². The molecule has 0 radical (unpaired) electrons. The Hall–Kier alpha value is -2.05. The molecule has 0 saturated heterocycles. The molecule has 0 aromatic carbocycles. The lowest BCUT2D eigenvalue weighted by Gasteiger charge is -2.12. The molecule has 7 nitrogen and oxygen atoms in total. The van der Waals surface area contributed by atoms with Crippen LogP contribution in [0.15, 0.2) is 11.3 Å². The summed E-state index contributed by atoms with van der Waals surface area (Å²) < 4.78 is 0. The fourth-order valence-electron chi connectivity index (χ4n) is 1.37. The van der Waals surface area contributed by atoms with E-state index in [4.69, 9.17) is 5.73 Å². The lowest BCUT2D eigenvalue weighted by molar-refractivity contribution is -0.125. The molecule has 3 amide bonds. The summed E-state index contributed by atoms with van der Waals surface area (Å²) in [6.45, 7) is 12.7. The maximum absolute atomic E-state index is 11.7. The topological polar surface area (TPSA) is 113 Å². The first-order chi connectivity index (χ1) is 10.7. The van der Waals surface area contributed by atoms with Gasteiger partial charge in [-0.2, -0.15) is 0 Å². The Kier molecular flexibility index (Phi) is 13.7. The van der Waals surface area contributed by atoms with Crippen LogP contribution in [0.1, 0.15) is 48.0 Å². The second kappa shape index (κ2) is 13.6. The number of hydrogen-bond acceptors (Lipinski definition) is 4. The molecule has 0 atom stereocenters. The average molecular weight is 328 g/mol. The molecule has 0 aromatic rings. The lowest BCUT2D eigenvalue weighted by Crippen LogP contribution is -2.36. The van der Waals surface area contributed by atoms with Crippen molar-refractivity contribution in [3.8, 4) is 0 Å². The molecule has 23 heavy (non-hydrogen) atoms. The maximum atomic E-state index is 11.7. The predicted molar refractivity (Wildman–Crippen MR) is 92.8 cm³/mol. The van der Waals surface area contributed by atoms with E-state index in [-0.39, 0.29) is 24.2 Å². The summed E-state index contributed by atoms with van der Waals surface area (Å²) in [4.78, 5) is 32.9. The van der Waals surface area contributed by atoms with Gasteiger partial charge in [0.05, 0.1) is 12.2 Å². The third kappa shape index (κ3) is 13.3. The number of likely N-dealkylation sites (N-methyl/N-ethyl adjacent to an activating group) is 1. The lowest BCUT2D eigenvalue weighted by atomic mass is 10.1. The third-order valence-corrected chi connectivity index (χ3v) is 2.70. The van der Waals surface area contributed by atoms with Crippen LogP contribution >= 0.6 is 0 Å². The Morgan fingerprint density at radius 1 is 1.00 bits per heavy atom. The van der Waals surface area contributed by atoms with Gasteiger partial charge < -0.3 is 21.7 Å². The molecular weight excluding hydrogens is 296 g/mol. The van der Waals surface area contributed by atoms with Crippen molar-refractivity contribution in [2.75, 3.05) is 19.6 Å². The average Bonchev–Trinajstić information content (AvgIpc) is 2.47. The molecule has 0 aliphatic heterocycles. The van der Waals surface area contributed by atoms with Gasteiger partial charge in [0.1, 0.15) is 0 Å². The second-order valence-corrected chi connectivity index (χ2v) is 5.50. The first-order valence-corrected chi connectivity index (χ1v) is 7.92. The Morgan fingerprint density at radius 3 is 1.87 bits per heavy atom. The highest BCUT2D eigenvalue weighted by Gasteiger charge is 2.13. The number of Topliss-reactive ketones (excluding diaryl/α,β-unsaturated/α-hetero) is 1. The molecule has 7 heteroatoms. The molecular formula is C16H32N4O3. The maximum Gasteiger partial charge on any atom is 0.312 e. The van der Waals surface area contributed by atoms with Crippen LogP contribution < -0.4 is 21.7 Å². The summed E-state index contributed by atoms with van der Waals surface area (Å²) >= 11 is 0. The van der Waals surface area contributed by atoms with E-state index >= 15 is 0 Å². The molecule has 0 saturated carbocycles. The van der Waals surface area contributed by atoms with Gasteiger partial charge >= 0.3 is 6.03 Å². The standard InChI is InChI=1S/C12H22N2O2.C4H10N2O/c1-6-13-11(9(4)5)12(16)14-7-10(15)8(2)3;1-2-3-6-4(5)7/h8,13H,6-7H2,1-5H3,(H,14,16);2-3H2,1H3,(H3,5,6,7). The largest absolute Gasteiger partial charge is 0.381 e. The van der Waals surface area contributed by atoms with E-state index in [1.54, 1.807) is 0 Å². The fourth-order valence-corrected chi connectivity index (χ4v) is 1.37. The number of hydrogen-bond donors (Lipinski definition) is 4. The monoisotopic (exact) mass is 328 g/mol. The normalized spacial score (nSPS) is 9.35. The number of nitrogens with one attached hydrogen (secondary N) is 3. The molecule has 0 fully saturated rings. The van der Waals surface area contributed by atoms with Gasteiger partial charge in [-0.25, -0.2) is 4.79 Å². The van der Waals surface area contributed by atoms with E-state index in [1.807, 2.05) is 41.5 Å². The van der Waals surface area contributed by atoms with Crippen molar-refractivity contribution in [1.29, 1.82) is 0 Å². The van der Waals surface area contributed by atoms with Crippen molar-refractivity contribution >= 4 is 17.7 Å². The van der Waals surface area contributed by atoms with E-state index in [9.17, 15) is 14.4 Å². The predicted octanol–water partition coefficient (Wildman–Crippen LogP) is 1.30. The highest BCUT2D eigenvalue weighted by Crippen LogP contribution is 1.99. The molecule has 0 spiro atoms. The molecule has 134 valence electrons. The Labute approximate surface area is 139 Å². The van der Waals surface area contributed by atoms with Gasteiger partial charge in [0.2, 0.25) is 0 Å². The highest BCUT2D eigenvalue weighted by molar-refractivity contribution is 5.96. The van der Waals surface area contributed by atoms with Crippen molar-refractivity contribution in [2.45, 2.75) is 48.0 Å². The van der Waals surface area contributed by atoms with Gasteiger partial charge in [0, 0.05) is 19.0 Å². The third-order valence-electron chi connectivity index (χ3n) is 2.70. The van der Waals surface area contributed by atoms with Gasteiger partial charge in [0.15, 0.2) is 5.78 Å². The molecule has 0 heterocycles. The van der Waals surface area contributed by atoms with Crippen molar-refractivity contribution in [1.82, 2.24) is 16.0 Å². The van der Waals surface area contributed by atoms with Gasteiger partial charge in [-0.15, -0.1) is 0 Å². The number of amides is 3. The highest BCUT2D eigenvalue weighted by atomic mass is 16.2. The molecule has 0 aliphatic rings. The zero-order valence-corrected chi connectivity index (χ0v) is 15.2. The second-order valence-electron chi connectivity index (χ2n) is 5.50. The number of carbonyl (C=O) groups is 3. The van der Waals surface area contributed by atoms with Gasteiger partial charge in [0.25, 0.3) is 5.91 Å². The van der Waals surface area contributed by atoms with Crippen molar-refractivity contribution < 1.29 is 14.4 Å². The van der Waals surface area contributed by atoms with Crippen molar-refractivity contribution in [2.24, 2.45) is 11.7 Å². The molecule has 0 bridgehead atoms. The van der Waals surface area contributed by atoms with E-state index in [1.165, 1.54) is 0 Å². The van der Waals surface area contributed by atoms with Crippen LogP contribution in [0, 0.1) is 5.92 Å². The van der Waals surface area contributed by atoms with E-state index < -0.39 is 6.03 Å². The smallest absolute Gasteiger partial charge is 0.312 e. The quantitative estimate of drug-likeness (QED) is 0.503. The zero-order valence-electron chi connectivity index (χ0n) is 15.2. The first-order valence-electron chi connectivity index (χ1n) is 7.92. The number of carbonyl (C=O) groups excluding carboxylic acids is 3. The molecule has 0 aliphatic carbocycles. The number of allylic oxidation sites excluding steroid dienone is 1. The van der Waals surface area contributed by atoms with Gasteiger partial charge in [-0.1, -0.05) is 20.8 Å². The minimum Gasteiger partial charge on any atom is -0.381 e. The summed E-state index contributed by atoms with van der Waals surface area (Å²) in [7, 11) is 0. The first kappa shape index (κ1) is 23.2. The van der Waals surface area contributed by atoms with Crippen LogP contribution in [0.2, 0.25) is 0 Å². The summed E-state index contributed by atoms with van der Waals surface area (Å²) in [6, 6.07) is -0.443. The number of nitrogens with two attached hydrogens (primary N) is 1. The molecule has 5 N–H and O–H groups in total. The van der Waals surface area contributed by atoms with Crippen molar-refractivity contribution in [3.63, 3.8) is 0 Å². The number of rotatable bonds is 8. The zero-order chi connectivity index (χ0) is 18.4. The number of urea groups is 1. The SMILES string of the molecule is CCCNC(N)=O.CCNC(C(=O)NCC(=O)C(C)C)=C(C)C. The molecule has 0 rings (SSSR count). The van der Waals surface area contributed by atoms with Crippen molar-refractivity contribution in [3.05, 3.63) is 11.3 Å². The Bertz CT molecular complexity index is 414. The van der Waals surface area contributed by atoms with Crippen LogP contribution in [-0.2, 0) is 9.59 Å². The number of ketones is 1. The summed E-state index contributed by atoms with van der Waals surface area (Å²) in [5.74, 6) is -0.219. The van der Waals surface area contributed by atoms with Gasteiger partial charge in [-0.05, 0) is 32.8 Å². The summed E-state index contributed by atoms with van der Waals surface area (Å²) in [6.07, 6.45) is 0.933. The Morgan fingerprint density at radius 2 is 1.57 bits per heavy atom. The van der Waals surface area contributed by atoms with Crippen LogP contribution in [0.4, 0.5) is 4.79 Å². The van der Waals surface area contributed by atoms with Crippen LogP contribution in [0.25, 0.3) is 0 Å².